The van der Waals surface area contributed by atoms with Crippen molar-refractivity contribution in [2.24, 2.45) is 11.7 Å². The molecule has 3 rings (SSSR count). The first kappa shape index (κ1) is 16.2. The first-order valence-corrected chi connectivity index (χ1v) is 8.71. The number of H-pyrrole nitrogens is 1. The lowest BCUT2D eigenvalue weighted by atomic mass is 9.92. The van der Waals surface area contributed by atoms with Crippen LogP contribution in [0.2, 0.25) is 0 Å². The number of nitrogens with zero attached hydrogens (tertiary/aromatic N) is 2. The lowest BCUT2D eigenvalue weighted by Crippen LogP contribution is -2.49. The molecule has 0 aliphatic carbocycles. The summed E-state index contributed by atoms with van der Waals surface area (Å²) in [5, 5.41) is 7.21. The molecule has 1 saturated heterocycles. The maximum absolute atomic E-state index is 12.9. The molecule has 2 unspecified atom stereocenters. The molecule has 23 heavy (non-hydrogen) atoms. The highest BCUT2D eigenvalue weighted by molar-refractivity contribution is 9.10. The first-order valence-electron chi connectivity index (χ1n) is 7.92. The molecule has 2 aromatic rings. The molecule has 122 valence electrons. The highest BCUT2D eigenvalue weighted by Gasteiger charge is 2.32. The van der Waals surface area contributed by atoms with Gasteiger partial charge in [-0.1, -0.05) is 37.3 Å². The second kappa shape index (κ2) is 6.84. The maximum Gasteiger partial charge on any atom is 0.273 e. The van der Waals surface area contributed by atoms with E-state index in [0.717, 1.165) is 30.6 Å². The SMILES string of the molecule is CC1CCN(C(=O)c2[nH]nc(-c3ccccc3)c2Br)C(CN)C1. The fraction of sp³-hybridized carbons (Fsp3) is 0.412. The molecular weight excluding hydrogens is 356 g/mol. The van der Waals surface area contributed by atoms with Crippen molar-refractivity contribution in [3.8, 4) is 11.3 Å². The van der Waals surface area contributed by atoms with Crippen LogP contribution >= 0.6 is 15.9 Å². The molecular formula is C17H21BrN4O. The molecule has 1 fully saturated rings. The van der Waals surface area contributed by atoms with E-state index >= 15 is 0 Å². The molecule has 0 radical (unpaired) electrons. The number of likely N-dealkylation sites (tertiary alicyclic amines) is 1. The van der Waals surface area contributed by atoms with E-state index in [-0.39, 0.29) is 11.9 Å². The van der Waals surface area contributed by atoms with Crippen molar-refractivity contribution < 1.29 is 4.79 Å². The Morgan fingerprint density at radius 1 is 1.43 bits per heavy atom. The van der Waals surface area contributed by atoms with Crippen LogP contribution in [0.15, 0.2) is 34.8 Å². The summed E-state index contributed by atoms with van der Waals surface area (Å²) >= 11 is 3.54. The fourth-order valence-electron chi connectivity index (χ4n) is 3.14. The van der Waals surface area contributed by atoms with Gasteiger partial charge in [0.25, 0.3) is 5.91 Å². The molecule has 1 aliphatic heterocycles. The highest BCUT2D eigenvalue weighted by atomic mass is 79.9. The number of piperidine rings is 1. The highest BCUT2D eigenvalue weighted by Crippen LogP contribution is 2.31. The van der Waals surface area contributed by atoms with E-state index in [0.29, 0.717) is 22.6 Å². The zero-order chi connectivity index (χ0) is 16.4. The summed E-state index contributed by atoms with van der Waals surface area (Å²) in [6.45, 7) is 3.45. The molecule has 2 heterocycles. The molecule has 2 atom stereocenters. The number of aromatic amines is 1. The van der Waals surface area contributed by atoms with Gasteiger partial charge in [0.1, 0.15) is 11.4 Å². The number of amides is 1. The largest absolute Gasteiger partial charge is 0.333 e. The van der Waals surface area contributed by atoms with Crippen molar-refractivity contribution in [1.82, 2.24) is 15.1 Å². The summed E-state index contributed by atoms with van der Waals surface area (Å²) in [5.74, 6) is 0.576. The Morgan fingerprint density at radius 2 is 2.17 bits per heavy atom. The average Bonchev–Trinajstić information content (AvgIpc) is 2.96. The van der Waals surface area contributed by atoms with Crippen LogP contribution in [-0.4, -0.2) is 40.1 Å². The zero-order valence-electron chi connectivity index (χ0n) is 13.1. The van der Waals surface area contributed by atoms with Crippen LogP contribution in [0, 0.1) is 5.92 Å². The van der Waals surface area contributed by atoms with Gasteiger partial charge < -0.3 is 10.6 Å². The monoisotopic (exact) mass is 376 g/mol. The van der Waals surface area contributed by atoms with Crippen molar-refractivity contribution in [1.29, 1.82) is 0 Å². The minimum absolute atomic E-state index is 0.0334. The summed E-state index contributed by atoms with van der Waals surface area (Å²) in [7, 11) is 0. The number of carbonyl (C=O) groups excluding carboxylic acids is 1. The van der Waals surface area contributed by atoms with Crippen LogP contribution in [0.3, 0.4) is 0 Å². The van der Waals surface area contributed by atoms with Crippen LogP contribution in [0.1, 0.15) is 30.3 Å². The number of nitrogens with one attached hydrogen (secondary N) is 1. The number of hydrogen-bond donors (Lipinski definition) is 2. The number of benzene rings is 1. The van der Waals surface area contributed by atoms with E-state index in [4.69, 9.17) is 5.73 Å². The summed E-state index contributed by atoms with van der Waals surface area (Å²) in [6, 6.07) is 9.90. The Morgan fingerprint density at radius 3 is 2.87 bits per heavy atom. The predicted molar refractivity (Wildman–Crippen MR) is 94.0 cm³/mol. The summed E-state index contributed by atoms with van der Waals surface area (Å²) in [5.41, 5.74) is 8.09. The van der Waals surface area contributed by atoms with E-state index < -0.39 is 0 Å². The second-order valence-corrected chi connectivity index (χ2v) is 6.94. The van der Waals surface area contributed by atoms with Crippen molar-refractivity contribution in [3.63, 3.8) is 0 Å². The minimum Gasteiger partial charge on any atom is -0.333 e. The second-order valence-electron chi connectivity index (χ2n) is 6.14. The van der Waals surface area contributed by atoms with Gasteiger partial charge in [0.2, 0.25) is 0 Å². The van der Waals surface area contributed by atoms with Gasteiger partial charge in [-0.2, -0.15) is 5.10 Å². The number of nitrogens with two attached hydrogens (primary N) is 1. The number of carbonyl (C=O) groups is 1. The van der Waals surface area contributed by atoms with Gasteiger partial charge in [-0.25, -0.2) is 0 Å². The fourth-order valence-corrected chi connectivity index (χ4v) is 3.72. The lowest BCUT2D eigenvalue weighted by Gasteiger charge is -2.37. The number of halogens is 1. The molecule has 3 N–H and O–H groups in total. The van der Waals surface area contributed by atoms with Gasteiger partial charge in [0.05, 0.1) is 4.47 Å². The van der Waals surface area contributed by atoms with Gasteiger partial charge in [-0.15, -0.1) is 0 Å². The van der Waals surface area contributed by atoms with E-state index in [1.54, 1.807) is 0 Å². The summed E-state index contributed by atoms with van der Waals surface area (Å²) < 4.78 is 0.711. The topological polar surface area (TPSA) is 75.0 Å². The third-order valence-electron chi connectivity index (χ3n) is 4.48. The van der Waals surface area contributed by atoms with E-state index in [2.05, 4.69) is 33.1 Å². The van der Waals surface area contributed by atoms with Crippen molar-refractivity contribution in [2.45, 2.75) is 25.8 Å². The standard InChI is InChI=1S/C17H21BrN4O/c1-11-7-8-22(13(9-11)10-19)17(23)16-14(18)15(20-21-16)12-5-3-2-4-6-12/h2-6,11,13H,7-10,19H2,1H3,(H,20,21). The quantitative estimate of drug-likeness (QED) is 0.864. The Hall–Kier alpha value is -1.66. The normalized spacial score (nSPS) is 21.4. The molecule has 0 spiro atoms. The zero-order valence-corrected chi connectivity index (χ0v) is 14.7. The Labute approximate surface area is 144 Å². The molecule has 1 aromatic heterocycles. The van der Waals surface area contributed by atoms with Gasteiger partial charge in [0, 0.05) is 24.7 Å². The predicted octanol–water partition coefficient (Wildman–Crippen LogP) is 3.04. The van der Waals surface area contributed by atoms with Gasteiger partial charge in [-0.05, 0) is 34.7 Å². The van der Waals surface area contributed by atoms with Gasteiger partial charge >= 0.3 is 0 Å². The third kappa shape index (κ3) is 3.19. The Balaban J connectivity index is 1.87. The molecule has 5 nitrogen and oxygen atoms in total. The van der Waals surface area contributed by atoms with Crippen molar-refractivity contribution in [2.75, 3.05) is 13.1 Å². The van der Waals surface area contributed by atoms with Crippen molar-refractivity contribution in [3.05, 3.63) is 40.5 Å². The van der Waals surface area contributed by atoms with Gasteiger partial charge in [-0.3, -0.25) is 9.89 Å². The number of rotatable bonds is 3. The average molecular weight is 377 g/mol. The molecule has 1 aliphatic rings. The van der Waals surface area contributed by atoms with Crippen LogP contribution in [0.25, 0.3) is 11.3 Å². The van der Waals surface area contributed by atoms with Crippen LogP contribution in [0.4, 0.5) is 0 Å². The van der Waals surface area contributed by atoms with E-state index in [1.807, 2.05) is 35.2 Å². The van der Waals surface area contributed by atoms with Crippen LogP contribution in [-0.2, 0) is 0 Å². The minimum atomic E-state index is -0.0334. The Bertz CT molecular complexity index is 685. The van der Waals surface area contributed by atoms with Crippen molar-refractivity contribution >= 4 is 21.8 Å². The molecule has 1 aromatic carbocycles. The number of hydrogen-bond acceptors (Lipinski definition) is 3. The summed E-state index contributed by atoms with van der Waals surface area (Å²) in [4.78, 5) is 14.8. The first-order chi connectivity index (χ1) is 11.1. The third-order valence-corrected chi connectivity index (χ3v) is 5.25. The van der Waals surface area contributed by atoms with E-state index in [9.17, 15) is 4.79 Å². The molecule has 1 amide bonds. The number of aromatic nitrogens is 2. The van der Waals surface area contributed by atoms with Crippen LogP contribution in [0.5, 0.6) is 0 Å². The smallest absolute Gasteiger partial charge is 0.273 e. The molecule has 0 bridgehead atoms. The summed E-state index contributed by atoms with van der Waals surface area (Å²) in [6.07, 6.45) is 1.97. The molecule has 0 saturated carbocycles. The Kier molecular flexibility index (Phi) is 4.82. The van der Waals surface area contributed by atoms with Gasteiger partial charge in [0.15, 0.2) is 0 Å². The van der Waals surface area contributed by atoms with Crippen LogP contribution < -0.4 is 5.73 Å². The molecule has 6 heteroatoms. The van der Waals surface area contributed by atoms with E-state index in [1.165, 1.54) is 0 Å². The lowest BCUT2D eigenvalue weighted by molar-refractivity contribution is 0.0566. The maximum atomic E-state index is 12.9.